The molecule has 0 aliphatic heterocycles. The van der Waals surface area contributed by atoms with Gasteiger partial charge in [0.25, 0.3) is 0 Å². The van der Waals surface area contributed by atoms with Gasteiger partial charge in [-0.25, -0.2) is 0 Å². The van der Waals surface area contributed by atoms with Gasteiger partial charge in [0.1, 0.15) is 0 Å². The molecular formula is C13H21NS. The summed E-state index contributed by atoms with van der Waals surface area (Å²) in [5, 5.41) is 3.52. The van der Waals surface area contributed by atoms with Gasteiger partial charge in [0.2, 0.25) is 0 Å². The van der Waals surface area contributed by atoms with Crippen molar-refractivity contribution in [3.8, 4) is 0 Å². The molecule has 1 rings (SSSR count). The second-order valence-corrected chi connectivity index (χ2v) is 5.45. The van der Waals surface area contributed by atoms with E-state index in [9.17, 15) is 0 Å². The van der Waals surface area contributed by atoms with Crippen LogP contribution in [0.3, 0.4) is 0 Å². The Kier molecular flexibility index (Phi) is 4.55. The summed E-state index contributed by atoms with van der Waals surface area (Å²) in [4.78, 5) is 2.87. The molecule has 0 saturated heterocycles. The van der Waals surface area contributed by atoms with Crippen molar-refractivity contribution in [3.63, 3.8) is 0 Å². The topological polar surface area (TPSA) is 12.0 Å². The Labute approximate surface area is 97.2 Å². The lowest BCUT2D eigenvalue weighted by Crippen LogP contribution is -2.20. The Morgan fingerprint density at radius 3 is 2.60 bits per heavy atom. The van der Waals surface area contributed by atoms with Gasteiger partial charge in [0, 0.05) is 15.8 Å². The van der Waals surface area contributed by atoms with Crippen LogP contribution in [0.25, 0.3) is 0 Å². The van der Waals surface area contributed by atoms with E-state index in [1.807, 2.05) is 11.3 Å². The van der Waals surface area contributed by atoms with E-state index in [0.717, 1.165) is 13.0 Å². The maximum atomic E-state index is 4.00. The van der Waals surface area contributed by atoms with Crippen LogP contribution in [0.1, 0.15) is 41.6 Å². The van der Waals surface area contributed by atoms with E-state index in [4.69, 9.17) is 0 Å². The molecule has 1 unspecified atom stereocenters. The minimum Gasteiger partial charge on any atom is -0.309 e. The van der Waals surface area contributed by atoms with Crippen molar-refractivity contribution in [1.29, 1.82) is 0 Å². The number of hydrogen-bond acceptors (Lipinski definition) is 2. The number of rotatable bonds is 5. The second-order valence-electron chi connectivity index (χ2n) is 4.16. The Morgan fingerprint density at radius 2 is 2.20 bits per heavy atom. The molecule has 0 saturated carbocycles. The van der Waals surface area contributed by atoms with Crippen LogP contribution in [-0.2, 0) is 0 Å². The van der Waals surface area contributed by atoms with Gasteiger partial charge in [-0.1, -0.05) is 12.5 Å². The summed E-state index contributed by atoms with van der Waals surface area (Å²) in [5.41, 5.74) is 2.64. The zero-order chi connectivity index (χ0) is 11.4. The zero-order valence-electron chi connectivity index (χ0n) is 10.2. The molecule has 0 amide bonds. The van der Waals surface area contributed by atoms with E-state index in [1.165, 1.54) is 20.9 Å². The molecule has 1 atom stereocenters. The standard InChI is InChI=1S/C13H21NS/c1-6-14-12(7-9(2)3)13-8-10(4)11(5)15-13/h8,12,14H,2,6-7H2,1,3-5H3. The number of thiophene rings is 1. The van der Waals surface area contributed by atoms with Crippen LogP contribution in [0.15, 0.2) is 18.2 Å². The average molecular weight is 223 g/mol. The van der Waals surface area contributed by atoms with Gasteiger partial charge in [0.15, 0.2) is 0 Å². The van der Waals surface area contributed by atoms with Crippen molar-refractivity contribution in [2.24, 2.45) is 0 Å². The van der Waals surface area contributed by atoms with Crippen molar-refractivity contribution < 1.29 is 0 Å². The molecule has 1 aromatic heterocycles. The third-order valence-corrected chi connectivity index (χ3v) is 3.80. The first kappa shape index (κ1) is 12.5. The van der Waals surface area contributed by atoms with Gasteiger partial charge in [-0.3, -0.25) is 0 Å². The highest BCUT2D eigenvalue weighted by Gasteiger charge is 2.13. The summed E-state index contributed by atoms with van der Waals surface area (Å²) in [6.45, 7) is 13.6. The molecule has 1 nitrogen and oxygen atoms in total. The third-order valence-electron chi connectivity index (χ3n) is 2.53. The molecule has 2 heteroatoms. The van der Waals surface area contributed by atoms with Gasteiger partial charge in [-0.05, 0) is 45.4 Å². The Bertz CT molecular complexity index is 319. The summed E-state index contributed by atoms with van der Waals surface area (Å²) in [5.74, 6) is 0. The fourth-order valence-corrected chi connectivity index (χ4v) is 2.76. The SMILES string of the molecule is C=C(C)CC(NCC)c1cc(C)c(C)s1. The first-order valence-electron chi connectivity index (χ1n) is 5.49. The highest BCUT2D eigenvalue weighted by atomic mass is 32.1. The van der Waals surface area contributed by atoms with E-state index in [-0.39, 0.29) is 0 Å². The van der Waals surface area contributed by atoms with Crippen LogP contribution in [0.5, 0.6) is 0 Å². The van der Waals surface area contributed by atoms with Crippen LogP contribution in [0.2, 0.25) is 0 Å². The Hall–Kier alpha value is -0.600. The number of aryl methyl sites for hydroxylation is 2. The van der Waals surface area contributed by atoms with Crippen LogP contribution >= 0.6 is 11.3 Å². The molecule has 0 fully saturated rings. The predicted molar refractivity (Wildman–Crippen MR) is 69.6 cm³/mol. The maximum absolute atomic E-state index is 4.00. The predicted octanol–water partition coefficient (Wildman–Crippen LogP) is 3.98. The first-order valence-corrected chi connectivity index (χ1v) is 6.31. The summed E-state index contributed by atoms with van der Waals surface area (Å²) >= 11 is 1.90. The van der Waals surface area contributed by atoms with Crippen molar-refractivity contribution in [3.05, 3.63) is 33.5 Å². The molecule has 1 N–H and O–H groups in total. The van der Waals surface area contributed by atoms with E-state index in [0.29, 0.717) is 6.04 Å². The van der Waals surface area contributed by atoms with E-state index in [2.05, 4.69) is 45.7 Å². The largest absolute Gasteiger partial charge is 0.309 e. The summed E-state index contributed by atoms with van der Waals surface area (Å²) < 4.78 is 0. The van der Waals surface area contributed by atoms with Crippen LogP contribution in [0, 0.1) is 13.8 Å². The van der Waals surface area contributed by atoms with Crippen LogP contribution in [0.4, 0.5) is 0 Å². The molecular weight excluding hydrogens is 202 g/mol. The van der Waals surface area contributed by atoms with Gasteiger partial charge in [0.05, 0.1) is 0 Å². The van der Waals surface area contributed by atoms with Crippen molar-refractivity contribution in [1.82, 2.24) is 5.32 Å². The summed E-state index contributed by atoms with van der Waals surface area (Å²) in [7, 11) is 0. The lowest BCUT2D eigenvalue weighted by atomic mass is 10.1. The van der Waals surface area contributed by atoms with Crippen molar-refractivity contribution in [2.75, 3.05) is 6.54 Å². The molecule has 0 aliphatic rings. The third kappa shape index (κ3) is 3.47. The van der Waals surface area contributed by atoms with E-state index >= 15 is 0 Å². The van der Waals surface area contributed by atoms with Crippen molar-refractivity contribution in [2.45, 2.75) is 40.2 Å². The molecule has 84 valence electrons. The Morgan fingerprint density at radius 1 is 1.53 bits per heavy atom. The lowest BCUT2D eigenvalue weighted by Gasteiger charge is -2.16. The monoisotopic (exact) mass is 223 g/mol. The quantitative estimate of drug-likeness (QED) is 0.744. The molecule has 1 heterocycles. The molecule has 0 aromatic carbocycles. The summed E-state index contributed by atoms with van der Waals surface area (Å²) in [6.07, 6.45) is 1.03. The van der Waals surface area contributed by atoms with Crippen molar-refractivity contribution >= 4 is 11.3 Å². The molecule has 1 aromatic rings. The van der Waals surface area contributed by atoms with Crippen LogP contribution < -0.4 is 5.32 Å². The highest BCUT2D eigenvalue weighted by molar-refractivity contribution is 7.12. The smallest absolute Gasteiger partial charge is 0.0452 e. The second kappa shape index (κ2) is 5.47. The van der Waals surface area contributed by atoms with E-state index in [1.54, 1.807) is 0 Å². The molecule has 0 aliphatic carbocycles. The first-order chi connectivity index (χ1) is 7.04. The van der Waals surface area contributed by atoms with Gasteiger partial charge in [-0.2, -0.15) is 0 Å². The highest BCUT2D eigenvalue weighted by Crippen LogP contribution is 2.29. The number of hydrogen-bond donors (Lipinski definition) is 1. The van der Waals surface area contributed by atoms with Crippen LogP contribution in [-0.4, -0.2) is 6.54 Å². The lowest BCUT2D eigenvalue weighted by molar-refractivity contribution is 0.556. The minimum absolute atomic E-state index is 0.449. The van der Waals surface area contributed by atoms with Gasteiger partial charge in [-0.15, -0.1) is 17.9 Å². The molecule has 0 spiro atoms. The number of nitrogens with one attached hydrogen (secondary N) is 1. The normalized spacial score (nSPS) is 12.8. The fraction of sp³-hybridized carbons (Fsp3) is 0.538. The summed E-state index contributed by atoms with van der Waals surface area (Å²) in [6, 6.07) is 2.75. The molecule has 15 heavy (non-hydrogen) atoms. The maximum Gasteiger partial charge on any atom is 0.0452 e. The average Bonchev–Trinajstić information content (AvgIpc) is 2.46. The van der Waals surface area contributed by atoms with Gasteiger partial charge < -0.3 is 5.32 Å². The molecule has 0 radical (unpaired) electrons. The fourth-order valence-electron chi connectivity index (χ4n) is 1.64. The minimum atomic E-state index is 0.449. The Balaban J connectivity index is 2.83. The zero-order valence-corrected chi connectivity index (χ0v) is 11.0. The van der Waals surface area contributed by atoms with E-state index < -0.39 is 0 Å². The van der Waals surface area contributed by atoms with Gasteiger partial charge >= 0.3 is 0 Å². The molecule has 0 bridgehead atoms.